The molecular weight excluding hydrogens is 484 g/mol. The molecule has 4 aromatic rings. The van der Waals surface area contributed by atoms with Gasteiger partial charge in [0, 0.05) is 5.10 Å². The summed E-state index contributed by atoms with van der Waals surface area (Å²) in [5.74, 6) is -0.774. The van der Waals surface area contributed by atoms with Crippen molar-refractivity contribution >= 4 is 28.5 Å². The van der Waals surface area contributed by atoms with E-state index in [2.05, 4.69) is 5.10 Å². The number of hydrogen-bond acceptors (Lipinski definition) is 8. The van der Waals surface area contributed by atoms with Crippen molar-refractivity contribution in [3.8, 4) is 0 Å². The van der Waals surface area contributed by atoms with Crippen LogP contribution in [0.4, 0.5) is 17.1 Å². The van der Waals surface area contributed by atoms with Crippen LogP contribution in [0.1, 0.15) is 22.3 Å². The molecule has 0 amide bonds. The third-order valence-corrected chi connectivity index (χ3v) is 5.48. The Labute approximate surface area is 208 Å². The molecule has 0 aliphatic rings. The van der Waals surface area contributed by atoms with E-state index in [0.717, 1.165) is 15.7 Å². The molecular formula is C24H18N6O7. The number of nitro groups is 3. The molecule has 0 fully saturated rings. The van der Waals surface area contributed by atoms with Gasteiger partial charge in [-0.3, -0.25) is 30.3 Å². The number of nitrogens with zero attached hydrogens (tertiary/aromatic N) is 6. The van der Waals surface area contributed by atoms with Gasteiger partial charge >= 0.3 is 0 Å². The second-order valence-electron chi connectivity index (χ2n) is 8.01. The zero-order valence-electron chi connectivity index (χ0n) is 19.3. The van der Waals surface area contributed by atoms with E-state index in [1.165, 1.54) is 29.5 Å². The van der Waals surface area contributed by atoms with Crippen LogP contribution in [-0.2, 0) is 6.54 Å². The van der Waals surface area contributed by atoms with Gasteiger partial charge in [0.2, 0.25) is 6.33 Å². The van der Waals surface area contributed by atoms with Crippen molar-refractivity contribution in [1.29, 1.82) is 0 Å². The maximum atomic E-state index is 13.7. The van der Waals surface area contributed by atoms with Crippen LogP contribution in [0, 0.1) is 37.3 Å². The molecule has 37 heavy (non-hydrogen) atoms. The van der Waals surface area contributed by atoms with Gasteiger partial charge < -0.3 is 5.11 Å². The van der Waals surface area contributed by atoms with Crippen LogP contribution in [0.5, 0.6) is 0 Å². The van der Waals surface area contributed by atoms with Gasteiger partial charge in [-0.2, -0.15) is 0 Å². The zero-order valence-corrected chi connectivity index (χ0v) is 19.3. The van der Waals surface area contributed by atoms with E-state index in [1.807, 2.05) is 30.3 Å². The standard InChI is InChI=1S/C24H18N6O7/c1-16-7-9-18(10-8-16)24(31)23(26-14-25-27(15-26)13-17-5-3-2-4-6-17)22-20(29(34)35)11-19(28(32)33)12-21(22)30(36)37/h2-12,14-15H,13H2,1H3/b24-23+. The number of aryl methyl sites for hydroxylation is 1. The molecule has 0 bridgehead atoms. The molecule has 3 aromatic carbocycles. The van der Waals surface area contributed by atoms with Gasteiger partial charge in [-0.1, -0.05) is 65.9 Å². The zero-order chi connectivity index (χ0) is 26.7. The minimum absolute atomic E-state index is 0.103. The summed E-state index contributed by atoms with van der Waals surface area (Å²) in [4.78, 5) is 32.3. The van der Waals surface area contributed by atoms with E-state index in [0.29, 0.717) is 12.1 Å². The first-order chi connectivity index (χ1) is 17.7. The minimum Gasteiger partial charge on any atom is -0.870 e. The molecule has 4 rings (SSSR count). The van der Waals surface area contributed by atoms with Gasteiger partial charge in [0.1, 0.15) is 12.2 Å². The van der Waals surface area contributed by atoms with Crippen LogP contribution < -0.4 is 9.67 Å². The lowest BCUT2D eigenvalue weighted by Gasteiger charge is -2.18. The Balaban J connectivity index is 2.01. The highest BCUT2D eigenvalue weighted by molar-refractivity contribution is 5.89. The van der Waals surface area contributed by atoms with Gasteiger partial charge in [0.05, 0.1) is 26.9 Å². The van der Waals surface area contributed by atoms with Gasteiger partial charge in [0.25, 0.3) is 23.4 Å². The highest BCUT2D eigenvalue weighted by Crippen LogP contribution is 2.39. The second-order valence-corrected chi connectivity index (χ2v) is 8.01. The smallest absolute Gasteiger partial charge is 0.294 e. The first kappa shape index (κ1) is 24.7. The fourth-order valence-corrected chi connectivity index (χ4v) is 3.73. The minimum atomic E-state index is -0.993. The average molecular weight is 502 g/mol. The Morgan fingerprint density at radius 1 is 0.892 bits per heavy atom. The number of hydrogen-bond donors (Lipinski definition) is 0. The molecule has 13 heteroatoms. The molecule has 186 valence electrons. The fraction of sp³-hybridized carbons (Fsp3) is 0.0833. The SMILES string of the molecule is Cc1ccc(/C([O-])=C(/c2c([N+](=O)[O-])cc([N+](=O)[O-])cc2[N+](=O)[O-])[n+]2cnn(Cc3ccccc3)c2)cc1. The Bertz CT molecular complexity index is 1510. The predicted octanol–water partition coefficient (Wildman–Crippen LogP) is 2.99. The van der Waals surface area contributed by atoms with Crippen molar-refractivity contribution in [2.24, 2.45) is 0 Å². The topological polar surface area (TPSA) is 174 Å². The number of benzene rings is 3. The lowest BCUT2D eigenvalue weighted by atomic mass is 10.0. The summed E-state index contributed by atoms with van der Waals surface area (Å²) in [5.41, 5.74) is -2.07. The molecule has 0 atom stereocenters. The molecule has 0 radical (unpaired) electrons. The third kappa shape index (κ3) is 5.14. The lowest BCUT2D eigenvalue weighted by Crippen LogP contribution is -2.34. The Hall–Kier alpha value is -5.46. The molecule has 0 spiro atoms. The van der Waals surface area contributed by atoms with Crippen molar-refractivity contribution in [1.82, 2.24) is 9.78 Å². The van der Waals surface area contributed by atoms with Crippen LogP contribution >= 0.6 is 0 Å². The van der Waals surface area contributed by atoms with Crippen LogP contribution in [0.3, 0.4) is 0 Å². The molecule has 0 unspecified atom stereocenters. The predicted molar refractivity (Wildman–Crippen MR) is 128 cm³/mol. The quantitative estimate of drug-likeness (QED) is 0.116. The number of rotatable bonds is 8. The summed E-state index contributed by atoms with van der Waals surface area (Å²) in [6, 6.07) is 16.6. The van der Waals surface area contributed by atoms with Gasteiger partial charge in [-0.25, -0.2) is 4.57 Å². The van der Waals surface area contributed by atoms with Crippen molar-refractivity contribution in [3.05, 3.63) is 132 Å². The Morgan fingerprint density at radius 3 is 2.03 bits per heavy atom. The molecule has 1 aromatic heterocycles. The number of non-ortho nitro benzene ring substituents is 1. The highest BCUT2D eigenvalue weighted by atomic mass is 16.6. The fourth-order valence-electron chi connectivity index (χ4n) is 3.73. The molecule has 0 saturated heterocycles. The third-order valence-electron chi connectivity index (χ3n) is 5.48. The van der Waals surface area contributed by atoms with E-state index < -0.39 is 48.9 Å². The lowest BCUT2D eigenvalue weighted by molar-refractivity contribution is -0.582. The van der Waals surface area contributed by atoms with Gasteiger partial charge in [-0.05, 0) is 18.1 Å². The second kappa shape index (κ2) is 10.0. The summed E-state index contributed by atoms with van der Waals surface area (Å²) in [6.45, 7) is 2.08. The Kier molecular flexibility index (Phi) is 6.69. The highest BCUT2D eigenvalue weighted by Gasteiger charge is 2.35. The summed E-state index contributed by atoms with van der Waals surface area (Å²) in [5, 5.41) is 53.2. The summed E-state index contributed by atoms with van der Waals surface area (Å²) < 4.78 is 2.59. The molecule has 0 aliphatic carbocycles. The van der Waals surface area contributed by atoms with Crippen LogP contribution in [-0.4, -0.2) is 24.6 Å². The van der Waals surface area contributed by atoms with E-state index in [4.69, 9.17) is 0 Å². The first-order valence-corrected chi connectivity index (χ1v) is 10.7. The van der Waals surface area contributed by atoms with Crippen molar-refractivity contribution < 1.29 is 24.4 Å². The summed E-state index contributed by atoms with van der Waals surface area (Å²) in [7, 11) is 0. The summed E-state index contributed by atoms with van der Waals surface area (Å²) in [6.07, 6.45) is 2.56. The molecule has 0 N–H and O–H groups in total. The molecule has 0 saturated carbocycles. The maximum absolute atomic E-state index is 13.7. The van der Waals surface area contributed by atoms with Crippen molar-refractivity contribution in [3.63, 3.8) is 0 Å². The number of aromatic nitrogens is 3. The molecule has 0 aliphatic heterocycles. The van der Waals surface area contributed by atoms with E-state index in [9.17, 15) is 35.4 Å². The van der Waals surface area contributed by atoms with Crippen molar-refractivity contribution in [2.75, 3.05) is 0 Å². The van der Waals surface area contributed by atoms with Crippen LogP contribution in [0.15, 0.2) is 79.4 Å². The average Bonchev–Trinajstić information content (AvgIpc) is 3.32. The first-order valence-electron chi connectivity index (χ1n) is 10.7. The molecule has 1 heterocycles. The van der Waals surface area contributed by atoms with Gasteiger partial charge in [0.15, 0.2) is 5.56 Å². The summed E-state index contributed by atoms with van der Waals surface area (Å²) >= 11 is 0. The van der Waals surface area contributed by atoms with Crippen LogP contribution in [0.2, 0.25) is 0 Å². The van der Waals surface area contributed by atoms with E-state index in [-0.39, 0.29) is 12.1 Å². The van der Waals surface area contributed by atoms with Gasteiger partial charge in [-0.15, -0.1) is 4.68 Å². The molecule has 13 nitrogen and oxygen atoms in total. The van der Waals surface area contributed by atoms with Crippen LogP contribution in [0.25, 0.3) is 11.5 Å². The Morgan fingerprint density at radius 2 is 1.49 bits per heavy atom. The van der Waals surface area contributed by atoms with E-state index >= 15 is 0 Å². The monoisotopic (exact) mass is 502 g/mol. The maximum Gasteiger partial charge on any atom is 0.294 e. The van der Waals surface area contributed by atoms with E-state index in [1.54, 1.807) is 19.1 Å². The van der Waals surface area contributed by atoms with Crippen molar-refractivity contribution in [2.45, 2.75) is 13.5 Å². The normalized spacial score (nSPS) is 11.6. The largest absolute Gasteiger partial charge is 0.870 e. The number of nitro benzene ring substituents is 3.